The minimum absolute atomic E-state index is 0.0688. The van der Waals surface area contributed by atoms with Gasteiger partial charge in [-0.25, -0.2) is 0 Å². The van der Waals surface area contributed by atoms with Crippen LogP contribution < -0.4 is 4.74 Å². The van der Waals surface area contributed by atoms with E-state index in [0.29, 0.717) is 17.9 Å². The summed E-state index contributed by atoms with van der Waals surface area (Å²) in [4.78, 5) is 17.4. The Bertz CT molecular complexity index is 1060. The molecule has 0 unspecified atom stereocenters. The van der Waals surface area contributed by atoms with Crippen molar-refractivity contribution < 1.29 is 9.53 Å². The van der Waals surface area contributed by atoms with E-state index in [2.05, 4.69) is 21.9 Å². The molecule has 3 aromatic rings. The minimum Gasteiger partial charge on any atom is -0.491 e. The fraction of sp³-hybridized carbons (Fsp3) is 0.250. The van der Waals surface area contributed by atoms with Crippen molar-refractivity contribution >= 4 is 11.9 Å². The number of nitrogens with zero attached hydrogens (tertiary/aromatic N) is 2. The van der Waals surface area contributed by atoms with Crippen molar-refractivity contribution in [1.82, 2.24) is 9.80 Å². The zero-order chi connectivity index (χ0) is 22.9. The maximum Gasteiger partial charge on any atom is 0.189 e. The first-order valence-electron chi connectivity index (χ1n) is 10.9. The first kappa shape index (κ1) is 23.5. The zero-order valence-electron chi connectivity index (χ0n) is 19.4. The molecule has 0 bridgehead atoms. The molecule has 0 spiro atoms. The summed E-state index contributed by atoms with van der Waals surface area (Å²) in [6, 6.07) is 24.1. The van der Waals surface area contributed by atoms with Gasteiger partial charge in [0.15, 0.2) is 5.78 Å². The van der Waals surface area contributed by atoms with Crippen LogP contribution in [0.1, 0.15) is 21.5 Å². The van der Waals surface area contributed by atoms with Crippen LogP contribution in [-0.2, 0) is 6.54 Å². The molecule has 0 aliphatic rings. The highest BCUT2D eigenvalue weighted by molar-refractivity contribution is 6.09. The average molecular weight is 429 g/mol. The number of carbonyl (C=O) groups excluding carboxylic acids is 1. The molecule has 0 fully saturated rings. The fourth-order valence-electron chi connectivity index (χ4n) is 3.42. The van der Waals surface area contributed by atoms with E-state index in [1.54, 1.807) is 6.08 Å². The lowest BCUT2D eigenvalue weighted by Crippen LogP contribution is -2.20. The average Bonchev–Trinajstić information content (AvgIpc) is 2.78. The standard InChI is InChI=1S/C28H32N2O2/c1-29(2)17-18-32-28-16-14-25(24-11-6-5-7-12-24)20-26(28)27(31)15-13-22-9-8-10-23(19-22)21-30(3)4/h5-16,19-20H,17-18,21H2,1-4H3/b15-13+. The van der Waals surface area contributed by atoms with Gasteiger partial charge in [0.05, 0.1) is 5.56 Å². The van der Waals surface area contributed by atoms with Crippen LogP contribution in [0.2, 0.25) is 0 Å². The number of hydrogen-bond acceptors (Lipinski definition) is 4. The molecule has 0 heterocycles. The van der Waals surface area contributed by atoms with Crippen LogP contribution in [0.4, 0.5) is 0 Å². The van der Waals surface area contributed by atoms with Crippen molar-refractivity contribution in [3.63, 3.8) is 0 Å². The molecule has 4 nitrogen and oxygen atoms in total. The molecule has 0 aliphatic carbocycles. The van der Waals surface area contributed by atoms with E-state index in [9.17, 15) is 4.79 Å². The predicted octanol–water partition coefficient (Wildman–Crippen LogP) is 5.25. The topological polar surface area (TPSA) is 32.8 Å². The number of allylic oxidation sites excluding steroid dienone is 1. The smallest absolute Gasteiger partial charge is 0.189 e. The molecule has 32 heavy (non-hydrogen) atoms. The molecule has 0 aromatic heterocycles. The van der Waals surface area contributed by atoms with Crippen LogP contribution in [0.3, 0.4) is 0 Å². The van der Waals surface area contributed by atoms with E-state index >= 15 is 0 Å². The molecule has 3 rings (SSSR count). The molecule has 0 saturated carbocycles. The van der Waals surface area contributed by atoms with Crippen molar-refractivity contribution in [3.05, 3.63) is 95.6 Å². The molecule has 166 valence electrons. The number of ketones is 1. The highest BCUT2D eigenvalue weighted by atomic mass is 16.5. The van der Waals surface area contributed by atoms with Crippen LogP contribution in [0.15, 0.2) is 78.9 Å². The highest BCUT2D eigenvalue weighted by Crippen LogP contribution is 2.28. The Kier molecular flexibility index (Phi) is 8.37. The molecule has 3 aromatic carbocycles. The molecule has 0 saturated heterocycles. The van der Waals surface area contributed by atoms with E-state index < -0.39 is 0 Å². The normalized spacial score (nSPS) is 11.4. The number of hydrogen-bond donors (Lipinski definition) is 0. The van der Waals surface area contributed by atoms with E-state index in [1.165, 1.54) is 5.56 Å². The first-order valence-corrected chi connectivity index (χ1v) is 10.9. The van der Waals surface area contributed by atoms with Gasteiger partial charge in [-0.15, -0.1) is 0 Å². The summed E-state index contributed by atoms with van der Waals surface area (Å²) >= 11 is 0. The summed E-state index contributed by atoms with van der Waals surface area (Å²) in [7, 11) is 8.09. The number of carbonyl (C=O) groups is 1. The molecule has 4 heteroatoms. The molecule has 0 radical (unpaired) electrons. The van der Waals surface area contributed by atoms with Crippen molar-refractivity contribution in [1.29, 1.82) is 0 Å². The van der Waals surface area contributed by atoms with Crippen LogP contribution in [-0.4, -0.2) is 56.9 Å². The minimum atomic E-state index is -0.0688. The fourth-order valence-corrected chi connectivity index (χ4v) is 3.42. The molecular formula is C28H32N2O2. The summed E-state index contributed by atoms with van der Waals surface area (Å²) in [6.07, 6.45) is 3.51. The lowest BCUT2D eigenvalue weighted by molar-refractivity contribution is 0.104. The highest BCUT2D eigenvalue weighted by Gasteiger charge is 2.13. The second kappa shape index (κ2) is 11.4. The Morgan fingerprint density at radius 1 is 0.844 bits per heavy atom. The van der Waals surface area contributed by atoms with Crippen molar-refractivity contribution in [2.45, 2.75) is 6.54 Å². The van der Waals surface area contributed by atoms with Gasteiger partial charge in [-0.2, -0.15) is 0 Å². The quantitative estimate of drug-likeness (QED) is 0.326. The van der Waals surface area contributed by atoms with E-state index in [1.807, 2.05) is 94.9 Å². The van der Waals surface area contributed by atoms with Gasteiger partial charge < -0.3 is 14.5 Å². The second-order valence-electron chi connectivity index (χ2n) is 8.41. The number of benzene rings is 3. The lowest BCUT2D eigenvalue weighted by atomic mass is 9.99. The summed E-state index contributed by atoms with van der Waals surface area (Å²) in [5.41, 5.74) is 4.86. The SMILES string of the molecule is CN(C)CCOc1ccc(-c2ccccc2)cc1C(=O)/C=C/c1cccc(CN(C)C)c1. The van der Waals surface area contributed by atoms with Gasteiger partial charge in [0, 0.05) is 13.1 Å². The lowest BCUT2D eigenvalue weighted by Gasteiger charge is -2.14. The molecular weight excluding hydrogens is 396 g/mol. The van der Waals surface area contributed by atoms with E-state index in [-0.39, 0.29) is 5.78 Å². The van der Waals surface area contributed by atoms with E-state index in [0.717, 1.165) is 29.8 Å². The molecule has 0 atom stereocenters. The first-order chi connectivity index (χ1) is 15.4. The van der Waals surface area contributed by atoms with Crippen LogP contribution in [0.5, 0.6) is 5.75 Å². The van der Waals surface area contributed by atoms with Gasteiger partial charge in [0.2, 0.25) is 0 Å². The van der Waals surface area contributed by atoms with Gasteiger partial charge in [-0.3, -0.25) is 4.79 Å². The second-order valence-corrected chi connectivity index (χ2v) is 8.41. The van der Waals surface area contributed by atoms with Crippen LogP contribution in [0, 0.1) is 0 Å². The van der Waals surface area contributed by atoms with Crippen LogP contribution >= 0.6 is 0 Å². The largest absolute Gasteiger partial charge is 0.491 e. The monoisotopic (exact) mass is 428 g/mol. The third kappa shape index (κ3) is 6.91. The van der Waals surface area contributed by atoms with Crippen LogP contribution in [0.25, 0.3) is 17.2 Å². The van der Waals surface area contributed by atoms with Crippen molar-refractivity contribution in [2.75, 3.05) is 41.3 Å². The maximum absolute atomic E-state index is 13.2. The third-order valence-electron chi connectivity index (χ3n) is 5.03. The maximum atomic E-state index is 13.2. The Morgan fingerprint density at radius 2 is 1.62 bits per heavy atom. The summed E-state index contributed by atoms with van der Waals surface area (Å²) in [6.45, 7) is 2.16. The Hall–Kier alpha value is -3.21. The molecule has 0 N–H and O–H groups in total. The summed E-state index contributed by atoms with van der Waals surface area (Å²) in [5.74, 6) is 0.545. The van der Waals surface area contributed by atoms with Crippen molar-refractivity contribution in [2.24, 2.45) is 0 Å². The predicted molar refractivity (Wildman–Crippen MR) is 133 cm³/mol. The summed E-state index contributed by atoms with van der Waals surface area (Å²) < 4.78 is 5.97. The molecule has 0 aliphatic heterocycles. The Labute approximate surface area is 191 Å². The number of rotatable bonds is 10. The van der Waals surface area contributed by atoms with E-state index in [4.69, 9.17) is 4.74 Å². The third-order valence-corrected chi connectivity index (χ3v) is 5.03. The van der Waals surface area contributed by atoms with Gasteiger partial charge in [0.1, 0.15) is 12.4 Å². The van der Waals surface area contributed by atoms with Gasteiger partial charge in [0.25, 0.3) is 0 Å². The summed E-state index contributed by atoms with van der Waals surface area (Å²) in [5, 5.41) is 0. The zero-order valence-corrected chi connectivity index (χ0v) is 19.4. The van der Waals surface area contributed by atoms with Gasteiger partial charge in [-0.05, 0) is 68.7 Å². The van der Waals surface area contributed by atoms with Crippen molar-refractivity contribution in [3.8, 4) is 16.9 Å². The Morgan fingerprint density at radius 3 is 2.34 bits per heavy atom. The molecule has 0 amide bonds. The number of likely N-dealkylation sites (N-methyl/N-ethyl adjacent to an activating group) is 1. The van der Waals surface area contributed by atoms with Gasteiger partial charge in [-0.1, -0.05) is 66.7 Å². The Balaban J connectivity index is 1.87. The number of ether oxygens (including phenoxy) is 1. The van der Waals surface area contributed by atoms with Gasteiger partial charge >= 0.3 is 0 Å².